The van der Waals surface area contributed by atoms with Gasteiger partial charge in [-0.25, -0.2) is 4.79 Å². The first-order valence-corrected chi connectivity index (χ1v) is 7.00. The van der Waals surface area contributed by atoms with E-state index < -0.39 is 18.0 Å². The number of fused-ring (bicyclic) bond motifs is 3. The number of aliphatic carboxylic acids is 1. The van der Waals surface area contributed by atoms with Gasteiger partial charge in [0.15, 0.2) is 0 Å². The first-order valence-electron chi connectivity index (χ1n) is 7.00. The van der Waals surface area contributed by atoms with E-state index in [4.69, 9.17) is 4.74 Å². The molecule has 0 aromatic heterocycles. The van der Waals surface area contributed by atoms with Crippen LogP contribution in [0.4, 0.5) is 0 Å². The number of hydrogen-bond acceptors (Lipinski definition) is 4. The van der Waals surface area contributed by atoms with Crippen molar-refractivity contribution in [1.82, 2.24) is 4.90 Å². The molecule has 20 heavy (non-hydrogen) atoms. The van der Waals surface area contributed by atoms with Crippen molar-refractivity contribution in [2.24, 2.45) is 11.8 Å². The molecule has 6 heteroatoms. The Hall–Kier alpha value is -1.40. The highest BCUT2D eigenvalue weighted by atomic mass is 16.5. The molecule has 3 rings (SSSR count). The number of methoxy groups -OCH3 is 1. The molecule has 1 unspecified atom stereocenters. The Morgan fingerprint density at radius 2 is 2.15 bits per heavy atom. The van der Waals surface area contributed by atoms with Gasteiger partial charge in [-0.1, -0.05) is 0 Å². The van der Waals surface area contributed by atoms with E-state index in [9.17, 15) is 19.8 Å². The van der Waals surface area contributed by atoms with Crippen molar-refractivity contribution in [2.45, 2.75) is 44.4 Å². The summed E-state index contributed by atoms with van der Waals surface area (Å²) in [6.07, 6.45) is 1.61. The number of amides is 1. The monoisotopic (exact) mass is 281 g/mol. The topological polar surface area (TPSA) is 87.1 Å². The van der Waals surface area contributed by atoms with E-state index in [1.54, 1.807) is 14.0 Å². The standard InChI is InChI=1S/C14H19NO5/c1-6(16)9-11-7-4-3-5-8(20-2)10(7)12(14(18)19)15(11)13(9)17/h6-9,11,16H,3-5H2,1-2H3,(H,18,19)/t6-,7+,8+,9?,11-/m1/s1. The zero-order chi connectivity index (χ0) is 14.6. The van der Waals surface area contributed by atoms with Crippen molar-refractivity contribution >= 4 is 11.9 Å². The van der Waals surface area contributed by atoms with Crippen LogP contribution in [0.15, 0.2) is 11.3 Å². The van der Waals surface area contributed by atoms with Crippen molar-refractivity contribution in [3.63, 3.8) is 0 Å². The van der Waals surface area contributed by atoms with E-state index in [0.717, 1.165) is 24.8 Å². The summed E-state index contributed by atoms with van der Waals surface area (Å²) < 4.78 is 5.42. The van der Waals surface area contributed by atoms with Crippen molar-refractivity contribution in [2.75, 3.05) is 7.11 Å². The number of carbonyl (C=O) groups excluding carboxylic acids is 1. The molecule has 2 N–H and O–H groups in total. The van der Waals surface area contributed by atoms with Crippen LogP contribution in [-0.4, -0.2) is 52.3 Å². The Balaban J connectivity index is 2.04. The normalized spacial score (nSPS) is 37.4. The second kappa shape index (κ2) is 4.56. The third-order valence-corrected chi connectivity index (χ3v) is 4.85. The number of carbonyl (C=O) groups is 2. The average molecular weight is 281 g/mol. The smallest absolute Gasteiger partial charge is 0.352 e. The molecular weight excluding hydrogens is 262 g/mol. The van der Waals surface area contributed by atoms with Crippen LogP contribution >= 0.6 is 0 Å². The molecule has 2 fully saturated rings. The Bertz CT molecular complexity index is 498. The van der Waals surface area contributed by atoms with Crippen LogP contribution in [0, 0.1) is 11.8 Å². The van der Waals surface area contributed by atoms with Crippen LogP contribution in [0.1, 0.15) is 26.2 Å². The molecular formula is C14H19NO5. The Kier molecular flexibility index (Phi) is 3.10. The van der Waals surface area contributed by atoms with Crippen LogP contribution in [-0.2, 0) is 14.3 Å². The van der Waals surface area contributed by atoms with Crippen molar-refractivity contribution < 1.29 is 24.5 Å². The van der Waals surface area contributed by atoms with Crippen LogP contribution in [0.25, 0.3) is 0 Å². The highest BCUT2D eigenvalue weighted by Crippen LogP contribution is 2.52. The molecule has 0 radical (unpaired) electrons. The molecule has 5 atom stereocenters. The molecule has 1 saturated heterocycles. The van der Waals surface area contributed by atoms with E-state index in [0.29, 0.717) is 0 Å². The van der Waals surface area contributed by atoms with E-state index in [-0.39, 0.29) is 29.7 Å². The number of carboxylic acid groups (broad SMARTS) is 1. The molecule has 1 aliphatic carbocycles. The zero-order valence-electron chi connectivity index (χ0n) is 11.6. The lowest BCUT2D eigenvalue weighted by Gasteiger charge is -2.47. The lowest BCUT2D eigenvalue weighted by atomic mass is 9.72. The number of aliphatic hydroxyl groups excluding tert-OH is 1. The van der Waals surface area contributed by atoms with Crippen molar-refractivity contribution in [3.05, 3.63) is 11.3 Å². The van der Waals surface area contributed by atoms with Gasteiger partial charge >= 0.3 is 5.97 Å². The van der Waals surface area contributed by atoms with Crippen LogP contribution in [0.2, 0.25) is 0 Å². The number of carboxylic acids is 1. The lowest BCUT2D eigenvalue weighted by molar-refractivity contribution is -0.163. The summed E-state index contributed by atoms with van der Waals surface area (Å²) >= 11 is 0. The van der Waals surface area contributed by atoms with Gasteiger partial charge in [0.1, 0.15) is 5.70 Å². The van der Waals surface area contributed by atoms with E-state index in [1.165, 1.54) is 4.90 Å². The molecule has 0 aromatic carbocycles. The zero-order valence-corrected chi connectivity index (χ0v) is 11.6. The minimum absolute atomic E-state index is 0.0112. The lowest BCUT2D eigenvalue weighted by Crippen LogP contribution is -2.64. The number of aliphatic hydroxyl groups is 1. The maximum absolute atomic E-state index is 12.2. The van der Waals surface area contributed by atoms with Gasteiger partial charge in [-0.2, -0.15) is 0 Å². The molecule has 1 saturated carbocycles. The van der Waals surface area contributed by atoms with Gasteiger partial charge in [0.05, 0.1) is 24.2 Å². The second-order valence-corrected chi connectivity index (χ2v) is 5.84. The SMILES string of the molecule is CO[C@H]1CCC[C@H]2C1=C(C(=O)O)N1C(=O)C([C@@H](C)O)[C@@H]21. The van der Waals surface area contributed by atoms with Crippen molar-refractivity contribution in [1.29, 1.82) is 0 Å². The highest BCUT2D eigenvalue weighted by molar-refractivity contribution is 6.00. The number of rotatable bonds is 3. The van der Waals surface area contributed by atoms with E-state index in [2.05, 4.69) is 0 Å². The van der Waals surface area contributed by atoms with Gasteiger partial charge < -0.3 is 19.8 Å². The fourth-order valence-electron chi connectivity index (χ4n) is 4.08. The maximum Gasteiger partial charge on any atom is 0.352 e. The maximum atomic E-state index is 12.2. The summed E-state index contributed by atoms with van der Waals surface area (Å²) in [6, 6.07) is -0.207. The number of β-lactam (4-membered cyclic amide) rings is 1. The van der Waals surface area contributed by atoms with Crippen LogP contribution < -0.4 is 0 Å². The Morgan fingerprint density at radius 1 is 1.45 bits per heavy atom. The summed E-state index contributed by atoms with van der Waals surface area (Å²) in [7, 11) is 1.57. The van der Waals surface area contributed by atoms with Gasteiger partial charge in [-0.05, 0) is 31.8 Å². The molecule has 2 aliphatic heterocycles. The van der Waals surface area contributed by atoms with Gasteiger partial charge in [0.2, 0.25) is 5.91 Å². The second-order valence-electron chi connectivity index (χ2n) is 5.84. The highest BCUT2D eigenvalue weighted by Gasteiger charge is 2.62. The van der Waals surface area contributed by atoms with Crippen LogP contribution in [0.3, 0.4) is 0 Å². The Labute approximate surface area is 117 Å². The van der Waals surface area contributed by atoms with E-state index in [1.807, 2.05) is 0 Å². The fourth-order valence-corrected chi connectivity index (χ4v) is 4.08. The quantitative estimate of drug-likeness (QED) is 0.729. The van der Waals surface area contributed by atoms with Gasteiger partial charge in [-0.3, -0.25) is 4.79 Å². The van der Waals surface area contributed by atoms with Gasteiger partial charge in [-0.15, -0.1) is 0 Å². The largest absolute Gasteiger partial charge is 0.477 e. The first kappa shape index (κ1) is 13.6. The molecule has 6 nitrogen and oxygen atoms in total. The summed E-state index contributed by atoms with van der Waals surface area (Å²) in [5, 5.41) is 19.2. The van der Waals surface area contributed by atoms with Gasteiger partial charge in [0.25, 0.3) is 0 Å². The first-order chi connectivity index (χ1) is 9.49. The molecule has 110 valence electrons. The molecule has 0 spiro atoms. The third-order valence-electron chi connectivity index (χ3n) is 4.85. The number of hydrogen-bond donors (Lipinski definition) is 2. The number of ether oxygens (including phenoxy) is 1. The summed E-state index contributed by atoms with van der Waals surface area (Å²) in [5.41, 5.74) is 0.834. The van der Waals surface area contributed by atoms with Gasteiger partial charge in [0, 0.05) is 13.0 Å². The van der Waals surface area contributed by atoms with Crippen molar-refractivity contribution in [3.8, 4) is 0 Å². The Morgan fingerprint density at radius 3 is 2.70 bits per heavy atom. The summed E-state index contributed by atoms with van der Waals surface area (Å²) in [6.45, 7) is 1.59. The predicted molar refractivity (Wildman–Crippen MR) is 68.6 cm³/mol. The number of nitrogens with zero attached hydrogens (tertiary/aromatic N) is 1. The minimum atomic E-state index is -1.08. The molecule has 1 amide bonds. The third kappa shape index (κ3) is 1.58. The molecule has 3 aliphatic rings. The summed E-state index contributed by atoms with van der Waals surface area (Å²) in [5.74, 6) is -1.83. The molecule has 2 heterocycles. The van der Waals surface area contributed by atoms with Crippen LogP contribution in [0.5, 0.6) is 0 Å². The molecule has 0 bridgehead atoms. The average Bonchev–Trinajstić information content (AvgIpc) is 2.69. The fraction of sp³-hybridized carbons (Fsp3) is 0.714. The van der Waals surface area contributed by atoms with E-state index >= 15 is 0 Å². The molecule has 0 aromatic rings. The summed E-state index contributed by atoms with van der Waals surface area (Å²) in [4.78, 5) is 25.1. The predicted octanol–water partition coefficient (Wildman–Crippen LogP) is 0.362. The minimum Gasteiger partial charge on any atom is -0.477 e.